The molecule has 0 radical (unpaired) electrons. The number of pyridine rings is 1. The summed E-state index contributed by atoms with van der Waals surface area (Å²) in [5.41, 5.74) is 4.26. The minimum atomic E-state index is 0.0680. The normalized spacial score (nSPS) is 11.8. The third-order valence-corrected chi connectivity index (χ3v) is 2.54. The van der Waals surface area contributed by atoms with E-state index in [1.54, 1.807) is 0 Å². The molecule has 0 bridgehead atoms. The average molecular weight is 215 g/mol. The highest BCUT2D eigenvalue weighted by Gasteiger charge is 2.17. The number of rotatable bonds is 1. The van der Waals surface area contributed by atoms with Crippen LogP contribution in [0.2, 0.25) is 0 Å². The van der Waals surface area contributed by atoms with Crippen molar-refractivity contribution < 1.29 is 0 Å². The Bertz CT molecular complexity index is 492. The molecule has 2 rings (SSSR count). The highest BCUT2D eigenvalue weighted by Crippen LogP contribution is 2.24. The van der Waals surface area contributed by atoms with E-state index in [-0.39, 0.29) is 5.41 Å². The van der Waals surface area contributed by atoms with Crippen molar-refractivity contribution >= 4 is 0 Å². The SMILES string of the molecule is Cc1ccnc(-c2cc(C(C)(C)C)n[nH]2)c1. The number of nitrogens with zero attached hydrogens (tertiary/aromatic N) is 2. The molecule has 0 unspecified atom stereocenters. The second-order valence-corrected chi connectivity index (χ2v) is 5.14. The quantitative estimate of drug-likeness (QED) is 0.794. The first kappa shape index (κ1) is 10.9. The molecule has 0 atom stereocenters. The van der Waals surface area contributed by atoms with E-state index in [9.17, 15) is 0 Å². The summed E-state index contributed by atoms with van der Waals surface area (Å²) < 4.78 is 0. The van der Waals surface area contributed by atoms with Gasteiger partial charge in [-0.05, 0) is 30.7 Å². The number of aromatic amines is 1. The second-order valence-electron chi connectivity index (χ2n) is 5.14. The lowest BCUT2D eigenvalue weighted by atomic mass is 9.92. The van der Waals surface area contributed by atoms with Gasteiger partial charge in [-0.15, -0.1) is 0 Å². The van der Waals surface area contributed by atoms with Gasteiger partial charge in [0.1, 0.15) is 0 Å². The van der Waals surface area contributed by atoms with Crippen LogP contribution in [0, 0.1) is 6.92 Å². The Labute approximate surface area is 95.9 Å². The number of H-pyrrole nitrogens is 1. The molecule has 3 heteroatoms. The molecule has 0 fully saturated rings. The van der Waals surface area contributed by atoms with Crippen molar-refractivity contribution in [2.24, 2.45) is 0 Å². The van der Waals surface area contributed by atoms with Gasteiger partial charge in [0.2, 0.25) is 0 Å². The molecular formula is C13H17N3. The Morgan fingerprint density at radius 2 is 1.94 bits per heavy atom. The van der Waals surface area contributed by atoms with Crippen LogP contribution >= 0.6 is 0 Å². The van der Waals surface area contributed by atoms with E-state index in [2.05, 4.69) is 55.0 Å². The standard InChI is InChI=1S/C13H17N3/c1-9-5-6-14-10(7-9)11-8-12(16-15-11)13(2,3)4/h5-8H,1-4H3,(H,15,16). The van der Waals surface area contributed by atoms with Gasteiger partial charge in [-0.25, -0.2) is 0 Å². The summed E-state index contributed by atoms with van der Waals surface area (Å²) in [5.74, 6) is 0. The summed E-state index contributed by atoms with van der Waals surface area (Å²) in [7, 11) is 0. The van der Waals surface area contributed by atoms with Crippen LogP contribution in [0.4, 0.5) is 0 Å². The lowest BCUT2D eigenvalue weighted by Gasteiger charge is -2.13. The van der Waals surface area contributed by atoms with Crippen LogP contribution in [0.3, 0.4) is 0 Å². The predicted molar refractivity (Wildman–Crippen MR) is 65.3 cm³/mol. The topological polar surface area (TPSA) is 41.6 Å². The van der Waals surface area contributed by atoms with Gasteiger partial charge in [0, 0.05) is 11.6 Å². The molecule has 2 aromatic heterocycles. The first-order chi connectivity index (χ1) is 7.47. The number of aromatic nitrogens is 3. The molecule has 16 heavy (non-hydrogen) atoms. The van der Waals surface area contributed by atoms with Crippen molar-refractivity contribution in [3.8, 4) is 11.4 Å². The maximum absolute atomic E-state index is 4.33. The Morgan fingerprint density at radius 3 is 2.50 bits per heavy atom. The maximum atomic E-state index is 4.33. The van der Waals surface area contributed by atoms with Gasteiger partial charge in [0.25, 0.3) is 0 Å². The molecule has 84 valence electrons. The highest BCUT2D eigenvalue weighted by molar-refractivity contribution is 5.55. The minimum absolute atomic E-state index is 0.0680. The number of aryl methyl sites for hydroxylation is 1. The van der Waals surface area contributed by atoms with Crippen molar-refractivity contribution in [2.75, 3.05) is 0 Å². The fraction of sp³-hybridized carbons (Fsp3) is 0.385. The van der Waals surface area contributed by atoms with Crippen molar-refractivity contribution in [3.05, 3.63) is 35.7 Å². The van der Waals surface area contributed by atoms with Gasteiger partial charge < -0.3 is 0 Å². The first-order valence-corrected chi connectivity index (χ1v) is 5.46. The second kappa shape index (κ2) is 3.74. The molecule has 1 N–H and O–H groups in total. The lowest BCUT2D eigenvalue weighted by Crippen LogP contribution is -2.11. The fourth-order valence-electron chi connectivity index (χ4n) is 1.52. The molecule has 0 amide bonds. The zero-order valence-corrected chi connectivity index (χ0v) is 10.2. The molecule has 0 saturated carbocycles. The molecule has 0 aliphatic heterocycles. The molecule has 2 heterocycles. The molecule has 2 aromatic rings. The zero-order valence-electron chi connectivity index (χ0n) is 10.2. The smallest absolute Gasteiger partial charge is 0.0883 e. The summed E-state index contributed by atoms with van der Waals surface area (Å²) in [6.07, 6.45) is 1.82. The van der Waals surface area contributed by atoms with Crippen LogP contribution in [0.15, 0.2) is 24.4 Å². The Kier molecular flexibility index (Phi) is 2.54. The third kappa shape index (κ3) is 2.13. The summed E-state index contributed by atoms with van der Waals surface area (Å²) >= 11 is 0. The maximum Gasteiger partial charge on any atom is 0.0883 e. The molecule has 0 saturated heterocycles. The number of nitrogens with one attached hydrogen (secondary N) is 1. The Hall–Kier alpha value is -1.64. The van der Waals surface area contributed by atoms with Crippen LogP contribution in [-0.2, 0) is 5.41 Å². The molecule has 0 spiro atoms. The van der Waals surface area contributed by atoms with E-state index in [0.717, 1.165) is 17.1 Å². The summed E-state index contributed by atoms with van der Waals surface area (Å²) in [4.78, 5) is 4.33. The molecule has 3 nitrogen and oxygen atoms in total. The summed E-state index contributed by atoms with van der Waals surface area (Å²) in [6.45, 7) is 8.51. The van der Waals surface area contributed by atoms with Crippen LogP contribution in [0.1, 0.15) is 32.0 Å². The Balaban J connectivity index is 2.39. The van der Waals surface area contributed by atoms with Crippen molar-refractivity contribution in [1.29, 1.82) is 0 Å². The first-order valence-electron chi connectivity index (χ1n) is 5.46. The van der Waals surface area contributed by atoms with Crippen LogP contribution in [-0.4, -0.2) is 15.2 Å². The van der Waals surface area contributed by atoms with Crippen LogP contribution in [0.25, 0.3) is 11.4 Å². The van der Waals surface area contributed by atoms with E-state index < -0.39 is 0 Å². The summed E-state index contributed by atoms with van der Waals surface area (Å²) in [5, 5.41) is 7.37. The van der Waals surface area contributed by atoms with Gasteiger partial charge in [-0.1, -0.05) is 20.8 Å². The van der Waals surface area contributed by atoms with Gasteiger partial charge in [-0.2, -0.15) is 5.10 Å². The van der Waals surface area contributed by atoms with Gasteiger partial charge in [0.15, 0.2) is 0 Å². The van der Waals surface area contributed by atoms with Gasteiger partial charge >= 0.3 is 0 Å². The van der Waals surface area contributed by atoms with Crippen molar-refractivity contribution in [1.82, 2.24) is 15.2 Å². The zero-order chi connectivity index (χ0) is 11.8. The molecule has 0 aliphatic carbocycles. The average Bonchev–Trinajstić information content (AvgIpc) is 2.65. The Morgan fingerprint density at radius 1 is 1.19 bits per heavy atom. The summed E-state index contributed by atoms with van der Waals surface area (Å²) in [6, 6.07) is 6.12. The largest absolute Gasteiger partial charge is 0.276 e. The fourth-order valence-corrected chi connectivity index (χ4v) is 1.52. The van der Waals surface area contributed by atoms with E-state index >= 15 is 0 Å². The van der Waals surface area contributed by atoms with Crippen molar-refractivity contribution in [3.63, 3.8) is 0 Å². The van der Waals surface area contributed by atoms with Gasteiger partial charge in [0.05, 0.1) is 17.1 Å². The number of hydrogen-bond donors (Lipinski definition) is 1. The molecule has 0 aromatic carbocycles. The van der Waals surface area contributed by atoms with Crippen molar-refractivity contribution in [2.45, 2.75) is 33.1 Å². The third-order valence-electron chi connectivity index (χ3n) is 2.54. The van der Waals surface area contributed by atoms with E-state index in [1.807, 2.05) is 12.3 Å². The van der Waals surface area contributed by atoms with E-state index in [4.69, 9.17) is 0 Å². The number of hydrogen-bond acceptors (Lipinski definition) is 2. The van der Waals surface area contributed by atoms with E-state index in [1.165, 1.54) is 5.56 Å². The molecule has 0 aliphatic rings. The minimum Gasteiger partial charge on any atom is -0.276 e. The van der Waals surface area contributed by atoms with Crippen LogP contribution < -0.4 is 0 Å². The van der Waals surface area contributed by atoms with Crippen LogP contribution in [0.5, 0.6) is 0 Å². The lowest BCUT2D eigenvalue weighted by molar-refractivity contribution is 0.567. The molecular weight excluding hydrogens is 198 g/mol. The van der Waals surface area contributed by atoms with E-state index in [0.29, 0.717) is 0 Å². The predicted octanol–water partition coefficient (Wildman–Crippen LogP) is 3.08. The van der Waals surface area contributed by atoms with Gasteiger partial charge in [-0.3, -0.25) is 10.1 Å². The monoisotopic (exact) mass is 215 g/mol. The highest BCUT2D eigenvalue weighted by atomic mass is 15.1.